The number of aromatic nitrogens is 1. The van der Waals surface area contributed by atoms with E-state index < -0.39 is 16.6 Å². The van der Waals surface area contributed by atoms with Crippen molar-refractivity contribution in [2.24, 2.45) is 0 Å². The van der Waals surface area contributed by atoms with Crippen LogP contribution in [0.5, 0.6) is 0 Å². The molecule has 0 radical (unpaired) electrons. The number of carbonyl (C=O) groups is 1. The first-order valence-electron chi connectivity index (χ1n) is 3.62. The van der Waals surface area contributed by atoms with Gasteiger partial charge in [0.25, 0.3) is 0 Å². The van der Waals surface area contributed by atoms with Gasteiger partial charge in [0.1, 0.15) is 5.56 Å². The number of anilines is 1. The molecule has 0 bridgehead atoms. The zero-order valence-corrected chi connectivity index (χ0v) is 7.22. The Labute approximate surface area is 78.5 Å². The van der Waals surface area contributed by atoms with Crippen molar-refractivity contribution in [3.05, 3.63) is 27.9 Å². The van der Waals surface area contributed by atoms with Crippen LogP contribution in [0.25, 0.3) is 0 Å². The molecule has 1 rings (SSSR count). The Bertz CT molecular complexity index is 391. The molecule has 0 saturated heterocycles. The summed E-state index contributed by atoms with van der Waals surface area (Å²) in [6.07, 6.45) is 1.20. The third-order valence-corrected chi connectivity index (χ3v) is 1.57. The topological polar surface area (TPSA) is 105 Å². The van der Waals surface area contributed by atoms with Gasteiger partial charge in [0.15, 0.2) is 0 Å². The van der Waals surface area contributed by atoms with Crippen molar-refractivity contribution in [1.82, 2.24) is 4.98 Å². The van der Waals surface area contributed by atoms with Crippen LogP contribution in [0.2, 0.25) is 0 Å². The smallest absolute Gasteiger partial charge is 0.342 e. The molecule has 0 amide bonds. The van der Waals surface area contributed by atoms with Gasteiger partial charge < -0.3 is 10.4 Å². The van der Waals surface area contributed by atoms with Crippen LogP contribution in [0.15, 0.2) is 12.3 Å². The fourth-order valence-electron chi connectivity index (χ4n) is 0.994. The molecule has 0 spiro atoms. The van der Waals surface area contributed by atoms with Crippen LogP contribution in [0.4, 0.5) is 11.5 Å². The molecule has 14 heavy (non-hydrogen) atoms. The first-order valence-corrected chi connectivity index (χ1v) is 3.62. The predicted molar refractivity (Wildman–Crippen MR) is 47.4 cm³/mol. The fourth-order valence-corrected chi connectivity index (χ4v) is 0.994. The average molecular weight is 197 g/mol. The second kappa shape index (κ2) is 3.69. The van der Waals surface area contributed by atoms with E-state index in [1.54, 1.807) is 0 Å². The summed E-state index contributed by atoms with van der Waals surface area (Å²) in [4.78, 5) is 24.1. The van der Waals surface area contributed by atoms with Gasteiger partial charge in [-0.15, -0.1) is 0 Å². The van der Waals surface area contributed by atoms with Gasteiger partial charge in [0.2, 0.25) is 5.82 Å². The lowest BCUT2D eigenvalue weighted by molar-refractivity contribution is -0.384. The lowest BCUT2D eigenvalue weighted by atomic mass is 10.2. The molecule has 1 aromatic rings. The average Bonchev–Trinajstić information content (AvgIpc) is 2.16. The highest BCUT2D eigenvalue weighted by atomic mass is 16.6. The SMILES string of the molecule is CNc1nccc(C(=O)O)c1[N+](=O)[O-]. The van der Waals surface area contributed by atoms with Gasteiger partial charge in [-0.1, -0.05) is 0 Å². The lowest BCUT2D eigenvalue weighted by Crippen LogP contribution is -2.07. The van der Waals surface area contributed by atoms with E-state index in [9.17, 15) is 14.9 Å². The molecule has 0 aromatic carbocycles. The van der Waals surface area contributed by atoms with Crippen LogP contribution in [0.1, 0.15) is 10.4 Å². The lowest BCUT2D eigenvalue weighted by Gasteiger charge is -2.02. The molecular weight excluding hydrogens is 190 g/mol. The third kappa shape index (κ3) is 1.60. The molecule has 0 saturated carbocycles. The summed E-state index contributed by atoms with van der Waals surface area (Å²) in [5.41, 5.74) is -0.906. The van der Waals surface area contributed by atoms with Crippen molar-refractivity contribution in [2.45, 2.75) is 0 Å². The van der Waals surface area contributed by atoms with E-state index in [2.05, 4.69) is 10.3 Å². The van der Waals surface area contributed by atoms with Crippen molar-refractivity contribution < 1.29 is 14.8 Å². The summed E-state index contributed by atoms with van der Waals surface area (Å²) in [6.45, 7) is 0. The maximum absolute atomic E-state index is 10.6. The fraction of sp³-hybridized carbons (Fsp3) is 0.143. The van der Waals surface area contributed by atoms with Gasteiger partial charge in [0.05, 0.1) is 4.92 Å². The quantitative estimate of drug-likeness (QED) is 0.546. The number of rotatable bonds is 3. The number of aromatic carboxylic acids is 1. The van der Waals surface area contributed by atoms with Crippen molar-refractivity contribution in [3.8, 4) is 0 Å². The van der Waals surface area contributed by atoms with Crippen LogP contribution < -0.4 is 5.32 Å². The Hall–Kier alpha value is -2.18. The van der Waals surface area contributed by atoms with E-state index in [-0.39, 0.29) is 11.4 Å². The normalized spacial score (nSPS) is 9.50. The molecule has 1 heterocycles. The van der Waals surface area contributed by atoms with Crippen LogP contribution in [0.3, 0.4) is 0 Å². The summed E-state index contributed by atoms with van der Waals surface area (Å²) >= 11 is 0. The number of hydrogen-bond donors (Lipinski definition) is 2. The van der Waals surface area contributed by atoms with Gasteiger partial charge >= 0.3 is 11.7 Å². The Morgan fingerprint density at radius 3 is 2.79 bits per heavy atom. The zero-order valence-electron chi connectivity index (χ0n) is 7.22. The Morgan fingerprint density at radius 1 is 1.71 bits per heavy atom. The van der Waals surface area contributed by atoms with E-state index in [0.29, 0.717) is 0 Å². The van der Waals surface area contributed by atoms with Gasteiger partial charge in [0, 0.05) is 13.2 Å². The molecule has 0 aliphatic rings. The first kappa shape index (κ1) is 9.90. The highest BCUT2D eigenvalue weighted by molar-refractivity contribution is 5.94. The summed E-state index contributed by atoms with van der Waals surface area (Å²) in [5, 5.41) is 21.7. The van der Waals surface area contributed by atoms with Crippen LogP contribution >= 0.6 is 0 Å². The maximum Gasteiger partial charge on any atom is 0.342 e. The van der Waals surface area contributed by atoms with Gasteiger partial charge in [-0.05, 0) is 6.07 Å². The maximum atomic E-state index is 10.6. The zero-order chi connectivity index (χ0) is 10.7. The number of carboxylic acids is 1. The van der Waals surface area contributed by atoms with Gasteiger partial charge in [-0.25, -0.2) is 9.78 Å². The van der Waals surface area contributed by atoms with Crippen molar-refractivity contribution in [1.29, 1.82) is 0 Å². The summed E-state index contributed by atoms with van der Waals surface area (Å²) in [7, 11) is 1.43. The van der Waals surface area contributed by atoms with Crippen LogP contribution in [-0.2, 0) is 0 Å². The standard InChI is InChI=1S/C7H7N3O4/c1-8-6-5(10(13)14)4(7(11)12)2-3-9-6/h2-3H,1H3,(H,8,9)(H,11,12). The molecule has 74 valence electrons. The van der Waals surface area contributed by atoms with E-state index in [1.807, 2.05) is 0 Å². The van der Waals surface area contributed by atoms with Crippen LogP contribution in [-0.4, -0.2) is 28.0 Å². The minimum absolute atomic E-state index is 0.0603. The Kier molecular flexibility index (Phi) is 2.61. The van der Waals surface area contributed by atoms with E-state index in [4.69, 9.17) is 5.11 Å². The molecule has 0 unspecified atom stereocenters. The molecule has 0 atom stereocenters. The molecule has 1 aromatic heterocycles. The summed E-state index contributed by atoms with van der Waals surface area (Å²) in [5.74, 6) is -1.41. The van der Waals surface area contributed by atoms with Crippen molar-refractivity contribution in [2.75, 3.05) is 12.4 Å². The molecule has 0 aliphatic heterocycles. The number of pyridine rings is 1. The molecule has 2 N–H and O–H groups in total. The predicted octanol–water partition coefficient (Wildman–Crippen LogP) is 0.730. The third-order valence-electron chi connectivity index (χ3n) is 1.57. The van der Waals surface area contributed by atoms with Crippen LogP contribution in [0, 0.1) is 10.1 Å². The summed E-state index contributed by atoms with van der Waals surface area (Å²) in [6, 6.07) is 1.08. The van der Waals surface area contributed by atoms with E-state index in [1.165, 1.54) is 13.2 Å². The minimum Gasteiger partial charge on any atom is -0.477 e. The molecule has 0 fully saturated rings. The largest absolute Gasteiger partial charge is 0.477 e. The number of nitrogens with zero attached hydrogens (tertiary/aromatic N) is 2. The van der Waals surface area contributed by atoms with Gasteiger partial charge in [-0.2, -0.15) is 0 Å². The second-order valence-corrected chi connectivity index (χ2v) is 2.37. The monoisotopic (exact) mass is 197 g/mol. The van der Waals surface area contributed by atoms with E-state index in [0.717, 1.165) is 6.07 Å². The number of nitrogens with one attached hydrogen (secondary N) is 1. The molecular formula is C7H7N3O4. The van der Waals surface area contributed by atoms with Crippen molar-refractivity contribution in [3.63, 3.8) is 0 Å². The Balaban J connectivity index is 3.43. The first-order chi connectivity index (χ1) is 6.57. The minimum atomic E-state index is -1.35. The number of nitro groups is 1. The van der Waals surface area contributed by atoms with E-state index >= 15 is 0 Å². The molecule has 7 heteroatoms. The Morgan fingerprint density at radius 2 is 2.36 bits per heavy atom. The number of hydrogen-bond acceptors (Lipinski definition) is 5. The second-order valence-electron chi connectivity index (χ2n) is 2.37. The van der Waals surface area contributed by atoms with Crippen molar-refractivity contribution >= 4 is 17.5 Å². The highest BCUT2D eigenvalue weighted by Crippen LogP contribution is 2.25. The van der Waals surface area contributed by atoms with Gasteiger partial charge in [-0.3, -0.25) is 10.1 Å². The molecule has 7 nitrogen and oxygen atoms in total. The molecule has 0 aliphatic carbocycles. The number of carboxylic acid groups (broad SMARTS) is 1. The summed E-state index contributed by atoms with van der Waals surface area (Å²) < 4.78 is 0. The highest BCUT2D eigenvalue weighted by Gasteiger charge is 2.24.